The molecule has 0 bridgehead atoms. The molecule has 1 saturated carbocycles. The van der Waals surface area contributed by atoms with Crippen molar-refractivity contribution >= 4 is 35.1 Å². The third kappa shape index (κ3) is 6.28. The van der Waals surface area contributed by atoms with E-state index in [1.807, 2.05) is 12.1 Å². The quantitative estimate of drug-likeness (QED) is 0.538. The van der Waals surface area contributed by atoms with Crippen molar-refractivity contribution in [3.05, 3.63) is 30.3 Å². The van der Waals surface area contributed by atoms with Crippen molar-refractivity contribution in [1.82, 2.24) is 15.5 Å². The lowest BCUT2D eigenvalue weighted by Crippen LogP contribution is -2.44. The van der Waals surface area contributed by atoms with Gasteiger partial charge >= 0.3 is 0 Å². The summed E-state index contributed by atoms with van der Waals surface area (Å²) < 4.78 is 10.5. The maximum Gasteiger partial charge on any atom is 0.234 e. The van der Waals surface area contributed by atoms with E-state index in [1.165, 1.54) is 11.8 Å². The summed E-state index contributed by atoms with van der Waals surface area (Å²) in [5, 5.41) is 15.2. The van der Waals surface area contributed by atoms with Gasteiger partial charge in [-0.15, -0.1) is 10.2 Å². The first-order valence-corrected chi connectivity index (χ1v) is 12.1. The van der Waals surface area contributed by atoms with Crippen molar-refractivity contribution in [2.24, 2.45) is 5.92 Å². The SMILES string of the molecule is COc1ccc(OC)c(NC(=O)CSc2ccc(N3CCC[C@H](C(=O)NC4CC4)C3)nn2)c1. The highest BCUT2D eigenvalue weighted by molar-refractivity contribution is 7.99. The van der Waals surface area contributed by atoms with Gasteiger partial charge in [0, 0.05) is 25.2 Å². The number of rotatable bonds is 9. The fraction of sp³-hybridized carbons (Fsp3) is 0.478. The number of aromatic nitrogens is 2. The first-order chi connectivity index (χ1) is 16.1. The molecule has 2 fully saturated rings. The maximum atomic E-state index is 12.4. The summed E-state index contributed by atoms with van der Waals surface area (Å²) >= 11 is 1.31. The van der Waals surface area contributed by atoms with E-state index in [0.717, 1.165) is 38.0 Å². The van der Waals surface area contributed by atoms with Gasteiger partial charge in [-0.05, 0) is 49.9 Å². The van der Waals surface area contributed by atoms with Crippen LogP contribution in [0.3, 0.4) is 0 Å². The number of amides is 2. The fourth-order valence-electron chi connectivity index (χ4n) is 3.74. The summed E-state index contributed by atoms with van der Waals surface area (Å²) in [7, 11) is 3.12. The summed E-state index contributed by atoms with van der Waals surface area (Å²) in [4.78, 5) is 26.9. The zero-order chi connectivity index (χ0) is 23.2. The minimum absolute atomic E-state index is 0.00694. The van der Waals surface area contributed by atoms with E-state index in [4.69, 9.17) is 9.47 Å². The topological polar surface area (TPSA) is 106 Å². The Kier molecular flexibility index (Phi) is 7.54. The van der Waals surface area contributed by atoms with E-state index in [2.05, 4.69) is 25.7 Å². The van der Waals surface area contributed by atoms with Gasteiger partial charge in [0.25, 0.3) is 0 Å². The average Bonchev–Trinajstić information content (AvgIpc) is 3.67. The molecule has 1 aliphatic carbocycles. The highest BCUT2D eigenvalue weighted by Crippen LogP contribution is 2.29. The molecule has 1 aliphatic heterocycles. The number of ether oxygens (including phenoxy) is 2. The van der Waals surface area contributed by atoms with Crippen LogP contribution in [0, 0.1) is 5.92 Å². The molecular formula is C23H29N5O4S. The molecule has 176 valence electrons. The Bertz CT molecular complexity index is 983. The summed E-state index contributed by atoms with van der Waals surface area (Å²) in [6, 6.07) is 9.37. The molecule has 0 unspecified atom stereocenters. The Hall–Kier alpha value is -3.01. The number of nitrogens with one attached hydrogen (secondary N) is 2. The lowest BCUT2D eigenvalue weighted by molar-refractivity contribution is -0.125. The van der Waals surface area contributed by atoms with Crippen molar-refractivity contribution in [3.8, 4) is 11.5 Å². The van der Waals surface area contributed by atoms with Gasteiger partial charge < -0.3 is 25.0 Å². The molecule has 2 N–H and O–H groups in total. The number of nitrogens with zero attached hydrogens (tertiary/aromatic N) is 3. The number of hydrogen-bond donors (Lipinski definition) is 2. The normalized spacial score (nSPS) is 17.9. The third-order valence-corrected chi connectivity index (χ3v) is 6.62. The van der Waals surface area contributed by atoms with E-state index in [9.17, 15) is 9.59 Å². The molecule has 1 saturated heterocycles. The Labute approximate surface area is 197 Å². The predicted molar refractivity (Wildman–Crippen MR) is 127 cm³/mol. The molecule has 33 heavy (non-hydrogen) atoms. The van der Waals surface area contributed by atoms with Gasteiger partial charge in [0.2, 0.25) is 11.8 Å². The second-order valence-corrected chi connectivity index (χ2v) is 9.20. The van der Waals surface area contributed by atoms with Crippen LogP contribution in [0.2, 0.25) is 0 Å². The number of anilines is 2. The Morgan fingerprint density at radius 1 is 1.12 bits per heavy atom. The van der Waals surface area contributed by atoms with E-state index < -0.39 is 0 Å². The monoisotopic (exact) mass is 471 g/mol. The van der Waals surface area contributed by atoms with Crippen LogP contribution in [-0.2, 0) is 9.59 Å². The number of thioether (sulfide) groups is 1. The van der Waals surface area contributed by atoms with Crippen molar-refractivity contribution in [2.75, 3.05) is 43.3 Å². The molecule has 10 heteroatoms. The molecule has 2 aliphatic rings. The zero-order valence-electron chi connectivity index (χ0n) is 18.9. The van der Waals surface area contributed by atoms with Gasteiger partial charge in [0.15, 0.2) is 5.82 Å². The van der Waals surface area contributed by atoms with Gasteiger partial charge in [-0.1, -0.05) is 11.8 Å². The minimum atomic E-state index is -0.182. The van der Waals surface area contributed by atoms with Crippen molar-refractivity contribution in [2.45, 2.75) is 36.8 Å². The lowest BCUT2D eigenvalue weighted by Gasteiger charge is -2.32. The molecule has 9 nitrogen and oxygen atoms in total. The number of hydrogen-bond acceptors (Lipinski definition) is 8. The molecule has 2 amide bonds. The molecule has 0 radical (unpaired) electrons. The zero-order valence-corrected chi connectivity index (χ0v) is 19.7. The first kappa shape index (κ1) is 23.2. The van der Waals surface area contributed by atoms with E-state index in [0.29, 0.717) is 34.8 Å². The second-order valence-electron chi connectivity index (χ2n) is 8.20. The van der Waals surface area contributed by atoms with Crippen LogP contribution in [-0.4, -0.2) is 61.1 Å². The van der Waals surface area contributed by atoms with E-state index in [-0.39, 0.29) is 23.5 Å². The Balaban J connectivity index is 1.29. The van der Waals surface area contributed by atoms with Gasteiger partial charge in [-0.3, -0.25) is 9.59 Å². The number of piperidine rings is 1. The summed E-state index contributed by atoms with van der Waals surface area (Å²) in [5.41, 5.74) is 0.550. The summed E-state index contributed by atoms with van der Waals surface area (Å²) in [6.45, 7) is 1.52. The molecule has 0 spiro atoms. The standard InChI is InChI=1S/C23H29N5O4S/c1-31-17-7-8-19(32-2)18(12-17)25-21(29)14-33-22-10-9-20(26-27-22)28-11-3-4-15(13-28)23(30)24-16-5-6-16/h7-10,12,15-16H,3-6,11,13-14H2,1-2H3,(H,24,30)(H,25,29)/t15-/m0/s1. The van der Waals surface area contributed by atoms with Crippen LogP contribution >= 0.6 is 11.8 Å². The van der Waals surface area contributed by atoms with Crippen LogP contribution in [0.1, 0.15) is 25.7 Å². The second kappa shape index (κ2) is 10.7. The largest absolute Gasteiger partial charge is 0.497 e. The lowest BCUT2D eigenvalue weighted by atomic mass is 9.97. The van der Waals surface area contributed by atoms with Crippen LogP contribution in [0.15, 0.2) is 35.4 Å². The number of benzene rings is 1. The number of carbonyl (C=O) groups excluding carboxylic acids is 2. The Morgan fingerprint density at radius 2 is 1.97 bits per heavy atom. The maximum absolute atomic E-state index is 12.4. The molecular weight excluding hydrogens is 442 g/mol. The number of methoxy groups -OCH3 is 2. The van der Waals surface area contributed by atoms with Gasteiger partial charge in [0.05, 0.1) is 31.6 Å². The summed E-state index contributed by atoms with van der Waals surface area (Å²) in [6.07, 6.45) is 4.05. The van der Waals surface area contributed by atoms with Crippen LogP contribution in [0.5, 0.6) is 11.5 Å². The summed E-state index contributed by atoms with van der Waals surface area (Å²) in [5.74, 6) is 2.09. The van der Waals surface area contributed by atoms with E-state index >= 15 is 0 Å². The van der Waals surface area contributed by atoms with Crippen molar-refractivity contribution < 1.29 is 19.1 Å². The van der Waals surface area contributed by atoms with Crippen molar-refractivity contribution in [1.29, 1.82) is 0 Å². The molecule has 4 rings (SSSR count). The molecule has 1 aromatic heterocycles. The molecule has 1 atom stereocenters. The Morgan fingerprint density at radius 3 is 2.67 bits per heavy atom. The number of carbonyl (C=O) groups is 2. The highest BCUT2D eigenvalue weighted by atomic mass is 32.2. The minimum Gasteiger partial charge on any atom is -0.497 e. The van der Waals surface area contributed by atoms with Crippen LogP contribution in [0.25, 0.3) is 0 Å². The molecule has 2 heterocycles. The fourth-order valence-corrected chi connectivity index (χ4v) is 4.36. The van der Waals surface area contributed by atoms with Gasteiger partial charge in [-0.2, -0.15) is 0 Å². The van der Waals surface area contributed by atoms with E-state index in [1.54, 1.807) is 32.4 Å². The van der Waals surface area contributed by atoms with Crippen LogP contribution in [0.4, 0.5) is 11.5 Å². The highest BCUT2D eigenvalue weighted by Gasteiger charge is 2.31. The third-order valence-electron chi connectivity index (χ3n) is 5.70. The van der Waals surface area contributed by atoms with Crippen LogP contribution < -0.4 is 25.0 Å². The smallest absolute Gasteiger partial charge is 0.234 e. The predicted octanol–water partition coefficient (Wildman–Crippen LogP) is 2.72. The first-order valence-electron chi connectivity index (χ1n) is 11.1. The molecule has 1 aromatic carbocycles. The van der Waals surface area contributed by atoms with Gasteiger partial charge in [0.1, 0.15) is 16.5 Å². The molecule has 2 aromatic rings. The average molecular weight is 472 g/mol. The van der Waals surface area contributed by atoms with Gasteiger partial charge in [-0.25, -0.2) is 0 Å². The van der Waals surface area contributed by atoms with Crippen molar-refractivity contribution in [3.63, 3.8) is 0 Å².